The van der Waals surface area contributed by atoms with Gasteiger partial charge in [0.05, 0.1) is 23.5 Å². The average molecular weight is 359 g/mol. The molecule has 0 atom stereocenters. The molecule has 1 aromatic rings. The van der Waals surface area contributed by atoms with Gasteiger partial charge in [-0.2, -0.15) is 8.42 Å². The first-order chi connectivity index (χ1) is 8.51. The number of hydrogen-bond donors (Lipinski definition) is 1. The molecule has 1 rings (SSSR count). The smallest absolute Gasteiger partial charge is 0.265 e. The summed E-state index contributed by atoms with van der Waals surface area (Å²) in [5.41, 5.74) is 0.510. The van der Waals surface area contributed by atoms with Crippen molar-refractivity contribution in [2.24, 2.45) is 0 Å². The molecule has 102 valence electrons. The lowest BCUT2D eigenvalue weighted by molar-refractivity contribution is -0.432. The normalized spacial score (nSPS) is 11.7. The predicted molar refractivity (Wildman–Crippen MR) is 68.8 cm³/mol. The number of halogens is 1. The van der Waals surface area contributed by atoms with Gasteiger partial charge in [0.15, 0.2) is 0 Å². The van der Waals surface area contributed by atoms with Gasteiger partial charge in [-0.25, -0.2) is 5.26 Å². The molecular formula is C9H11BrO6S2. The Kier molecular flexibility index (Phi) is 6.57. The van der Waals surface area contributed by atoms with Crippen LogP contribution >= 0.6 is 28.0 Å². The number of benzene rings is 1. The van der Waals surface area contributed by atoms with Crippen molar-refractivity contribution in [2.45, 2.75) is 16.7 Å². The maximum Gasteiger partial charge on any atom is 0.297 e. The summed E-state index contributed by atoms with van der Waals surface area (Å²) in [6.07, 6.45) is 0. The molecule has 0 fully saturated rings. The molecule has 1 aromatic carbocycles. The summed E-state index contributed by atoms with van der Waals surface area (Å²) in [4.78, 5) is 0.679. The molecule has 0 aliphatic carbocycles. The SMILES string of the molecule is Cc1cc(SOOO)ccc1S(=O)(=O)OCCBr. The lowest BCUT2D eigenvalue weighted by atomic mass is 10.2. The molecule has 0 aromatic heterocycles. The Morgan fingerprint density at radius 1 is 1.44 bits per heavy atom. The summed E-state index contributed by atoms with van der Waals surface area (Å²) in [5.74, 6) is 0. The Hall–Kier alpha value is -0.160. The molecule has 0 saturated carbocycles. The lowest BCUT2D eigenvalue weighted by Crippen LogP contribution is -2.09. The van der Waals surface area contributed by atoms with Crippen LogP contribution in [0.15, 0.2) is 28.0 Å². The van der Waals surface area contributed by atoms with Gasteiger partial charge in [0.1, 0.15) is 0 Å². The van der Waals surface area contributed by atoms with E-state index in [1.807, 2.05) is 0 Å². The minimum Gasteiger partial charge on any atom is -0.265 e. The van der Waals surface area contributed by atoms with Crippen LogP contribution in [0.4, 0.5) is 0 Å². The van der Waals surface area contributed by atoms with Gasteiger partial charge in [0.25, 0.3) is 10.1 Å². The summed E-state index contributed by atoms with van der Waals surface area (Å²) < 4.78 is 32.6. The molecule has 0 aliphatic rings. The number of rotatable bonds is 7. The second-order valence-corrected chi connectivity index (χ2v) is 6.27. The van der Waals surface area contributed by atoms with Gasteiger partial charge < -0.3 is 0 Å². The highest BCUT2D eigenvalue weighted by molar-refractivity contribution is 9.09. The topological polar surface area (TPSA) is 82.1 Å². The molecule has 0 unspecified atom stereocenters. The van der Waals surface area contributed by atoms with E-state index in [1.165, 1.54) is 12.1 Å². The van der Waals surface area contributed by atoms with Crippen LogP contribution in [0.25, 0.3) is 0 Å². The van der Waals surface area contributed by atoms with Crippen molar-refractivity contribution >= 4 is 38.1 Å². The van der Waals surface area contributed by atoms with Crippen molar-refractivity contribution in [1.29, 1.82) is 0 Å². The Morgan fingerprint density at radius 2 is 2.17 bits per heavy atom. The third kappa shape index (κ3) is 4.50. The Balaban J connectivity index is 2.91. The molecule has 0 amide bonds. The molecule has 0 radical (unpaired) electrons. The van der Waals surface area contributed by atoms with E-state index in [0.29, 0.717) is 15.8 Å². The zero-order chi connectivity index (χ0) is 13.6. The van der Waals surface area contributed by atoms with Crippen molar-refractivity contribution < 1.29 is 27.2 Å². The maximum absolute atomic E-state index is 11.8. The molecule has 0 heterocycles. The largest absolute Gasteiger partial charge is 0.297 e. The van der Waals surface area contributed by atoms with Gasteiger partial charge >= 0.3 is 0 Å². The van der Waals surface area contributed by atoms with Crippen LogP contribution < -0.4 is 0 Å². The average Bonchev–Trinajstić information content (AvgIpc) is 2.33. The van der Waals surface area contributed by atoms with Gasteiger partial charge in [0.2, 0.25) is 0 Å². The summed E-state index contributed by atoms with van der Waals surface area (Å²) >= 11 is 3.84. The second kappa shape index (κ2) is 7.43. The van der Waals surface area contributed by atoms with E-state index in [9.17, 15) is 8.42 Å². The highest BCUT2D eigenvalue weighted by Crippen LogP contribution is 2.25. The molecule has 0 saturated heterocycles. The van der Waals surface area contributed by atoms with Crippen molar-refractivity contribution in [3.05, 3.63) is 23.8 Å². The summed E-state index contributed by atoms with van der Waals surface area (Å²) in [7, 11) is -3.75. The highest BCUT2D eigenvalue weighted by Gasteiger charge is 2.18. The van der Waals surface area contributed by atoms with E-state index in [0.717, 1.165) is 12.0 Å². The molecule has 1 N–H and O–H groups in total. The van der Waals surface area contributed by atoms with Crippen LogP contribution in [-0.2, 0) is 23.7 Å². The maximum atomic E-state index is 11.8. The molecule has 9 heteroatoms. The molecule has 6 nitrogen and oxygen atoms in total. The Morgan fingerprint density at radius 3 is 2.72 bits per heavy atom. The zero-order valence-corrected chi connectivity index (χ0v) is 12.5. The van der Waals surface area contributed by atoms with E-state index in [2.05, 4.69) is 25.3 Å². The number of hydrogen-bond acceptors (Lipinski definition) is 7. The third-order valence-corrected chi connectivity index (χ3v) is 4.26. The van der Waals surface area contributed by atoms with E-state index in [-0.39, 0.29) is 11.5 Å². The van der Waals surface area contributed by atoms with Gasteiger partial charge in [-0.1, -0.05) is 21.0 Å². The quantitative estimate of drug-likeness (QED) is 0.263. The van der Waals surface area contributed by atoms with E-state index in [4.69, 9.17) is 9.44 Å². The van der Waals surface area contributed by atoms with Gasteiger partial charge in [-0.15, -0.1) is 4.33 Å². The van der Waals surface area contributed by atoms with Crippen molar-refractivity contribution in [2.75, 3.05) is 11.9 Å². The predicted octanol–water partition coefficient (Wildman–Crippen LogP) is 2.52. The first-order valence-corrected chi connectivity index (χ1v) is 7.99. The van der Waals surface area contributed by atoms with E-state index in [1.54, 1.807) is 13.0 Å². The van der Waals surface area contributed by atoms with Crippen LogP contribution in [0.3, 0.4) is 0 Å². The first kappa shape index (κ1) is 15.9. The summed E-state index contributed by atoms with van der Waals surface area (Å²) in [6, 6.07) is 4.50. The van der Waals surface area contributed by atoms with Crippen molar-refractivity contribution in [1.82, 2.24) is 0 Å². The molecule has 0 aliphatic heterocycles. The van der Waals surface area contributed by atoms with Crippen LogP contribution in [-0.4, -0.2) is 25.6 Å². The first-order valence-electron chi connectivity index (χ1n) is 4.72. The van der Waals surface area contributed by atoms with Crippen LogP contribution in [0, 0.1) is 6.92 Å². The minimum absolute atomic E-state index is 0.0692. The third-order valence-electron chi connectivity index (χ3n) is 1.89. The number of alkyl halides is 1. The van der Waals surface area contributed by atoms with Crippen molar-refractivity contribution in [3.63, 3.8) is 0 Å². The zero-order valence-electron chi connectivity index (χ0n) is 9.33. The fourth-order valence-corrected chi connectivity index (χ4v) is 3.16. The molecular weight excluding hydrogens is 348 g/mol. The standard InChI is InChI=1S/C9H11BrO6S2/c1-7-6-8(17-16-15-11)2-3-9(7)18(12,13)14-5-4-10/h2-3,6,11H,4-5H2,1H3. The van der Waals surface area contributed by atoms with Crippen LogP contribution in [0.5, 0.6) is 0 Å². The summed E-state index contributed by atoms with van der Waals surface area (Å²) in [6.45, 7) is 1.70. The second-order valence-electron chi connectivity index (χ2n) is 3.12. The summed E-state index contributed by atoms with van der Waals surface area (Å²) in [5, 5.41) is 11.9. The van der Waals surface area contributed by atoms with Crippen molar-refractivity contribution in [3.8, 4) is 0 Å². The van der Waals surface area contributed by atoms with E-state index >= 15 is 0 Å². The van der Waals surface area contributed by atoms with Crippen LogP contribution in [0.1, 0.15) is 5.56 Å². The minimum atomic E-state index is -3.75. The number of aryl methyl sites for hydroxylation is 1. The molecule has 0 bridgehead atoms. The fraction of sp³-hybridized carbons (Fsp3) is 0.333. The monoisotopic (exact) mass is 358 g/mol. The Labute approximate surface area is 118 Å². The molecule has 18 heavy (non-hydrogen) atoms. The van der Waals surface area contributed by atoms with Gasteiger partial charge in [-0.05, 0) is 30.7 Å². The van der Waals surface area contributed by atoms with E-state index < -0.39 is 10.1 Å². The fourth-order valence-electron chi connectivity index (χ4n) is 1.21. The van der Waals surface area contributed by atoms with Crippen LogP contribution in [0.2, 0.25) is 0 Å². The van der Waals surface area contributed by atoms with Gasteiger partial charge in [-0.3, -0.25) is 4.18 Å². The van der Waals surface area contributed by atoms with Gasteiger partial charge in [0, 0.05) is 10.2 Å². The molecule has 0 spiro atoms. The lowest BCUT2D eigenvalue weighted by Gasteiger charge is -2.08. The Bertz CT molecular complexity index is 490. The highest BCUT2D eigenvalue weighted by atomic mass is 79.9.